The first-order valence-corrected chi connectivity index (χ1v) is 12.1. The van der Waals surface area contributed by atoms with E-state index in [1.54, 1.807) is 0 Å². The first-order chi connectivity index (χ1) is 17.0. The summed E-state index contributed by atoms with van der Waals surface area (Å²) in [6.45, 7) is 0.0661. The Morgan fingerprint density at radius 2 is 1.60 bits per heavy atom. The summed E-state index contributed by atoms with van der Waals surface area (Å²) in [6, 6.07) is 14.7. The Hall–Kier alpha value is -3.39. The molecule has 0 aliphatic heterocycles. The van der Waals surface area contributed by atoms with Crippen LogP contribution in [-0.4, -0.2) is 55.5 Å². The monoisotopic (exact) mass is 480 g/mol. The van der Waals surface area contributed by atoms with Crippen molar-refractivity contribution in [2.45, 2.75) is 50.1 Å². The van der Waals surface area contributed by atoms with E-state index >= 15 is 0 Å². The van der Waals surface area contributed by atoms with Crippen LogP contribution in [0.2, 0.25) is 0 Å². The Labute approximate surface area is 205 Å². The summed E-state index contributed by atoms with van der Waals surface area (Å²) in [5.41, 5.74) is 4.57. The van der Waals surface area contributed by atoms with Gasteiger partial charge in [0.25, 0.3) is 0 Å². The van der Waals surface area contributed by atoms with Gasteiger partial charge in [0, 0.05) is 19.1 Å². The number of carboxylic acids is 1. The third-order valence-electron chi connectivity index (χ3n) is 6.95. The topological polar surface area (TPSA) is 114 Å². The van der Waals surface area contributed by atoms with Gasteiger partial charge in [-0.25, -0.2) is 9.59 Å². The number of ether oxygens (including phenoxy) is 2. The number of benzene rings is 2. The summed E-state index contributed by atoms with van der Waals surface area (Å²) in [5, 5.41) is 14.8. The molecule has 2 aromatic rings. The fourth-order valence-electron chi connectivity index (χ4n) is 5.21. The molecule has 186 valence electrons. The van der Waals surface area contributed by atoms with E-state index in [0.717, 1.165) is 41.5 Å². The number of aliphatic carboxylic acids is 1. The lowest BCUT2D eigenvalue weighted by molar-refractivity contribution is -0.144. The second-order valence-electron chi connectivity index (χ2n) is 9.18. The number of rotatable bonds is 8. The van der Waals surface area contributed by atoms with Crippen LogP contribution in [0.1, 0.15) is 49.1 Å². The average Bonchev–Trinajstić information content (AvgIpc) is 2.98. The van der Waals surface area contributed by atoms with Crippen molar-refractivity contribution in [1.29, 1.82) is 0 Å². The van der Waals surface area contributed by atoms with Crippen LogP contribution in [0.15, 0.2) is 48.5 Å². The van der Waals surface area contributed by atoms with E-state index in [9.17, 15) is 19.5 Å². The van der Waals surface area contributed by atoms with Crippen LogP contribution < -0.4 is 10.6 Å². The van der Waals surface area contributed by atoms with Crippen LogP contribution in [0.4, 0.5) is 4.79 Å². The minimum Gasteiger partial charge on any atom is -0.480 e. The Morgan fingerprint density at radius 1 is 0.971 bits per heavy atom. The fraction of sp³-hybridized carbons (Fsp3) is 0.444. The summed E-state index contributed by atoms with van der Waals surface area (Å²) in [4.78, 5) is 37.2. The summed E-state index contributed by atoms with van der Waals surface area (Å²) in [7, 11) is 1.38. The molecular formula is C27H32N2O6. The van der Waals surface area contributed by atoms with Gasteiger partial charge in [0.1, 0.15) is 6.61 Å². The molecule has 3 N–H and O–H groups in total. The molecule has 2 unspecified atom stereocenters. The predicted octanol–water partition coefficient (Wildman–Crippen LogP) is 3.69. The third kappa shape index (κ3) is 5.65. The van der Waals surface area contributed by atoms with E-state index in [1.165, 1.54) is 7.11 Å². The maximum absolute atomic E-state index is 13.0. The van der Waals surface area contributed by atoms with E-state index in [1.807, 2.05) is 24.3 Å². The molecule has 35 heavy (non-hydrogen) atoms. The maximum Gasteiger partial charge on any atom is 0.407 e. The minimum absolute atomic E-state index is 0.0493. The Bertz CT molecular complexity index is 1030. The van der Waals surface area contributed by atoms with Gasteiger partial charge in [-0.2, -0.15) is 0 Å². The highest BCUT2D eigenvalue weighted by Crippen LogP contribution is 2.44. The Balaban J connectivity index is 1.41. The van der Waals surface area contributed by atoms with Gasteiger partial charge >= 0.3 is 12.1 Å². The quantitative estimate of drug-likeness (QED) is 0.497. The maximum atomic E-state index is 13.0. The van der Waals surface area contributed by atoms with Crippen molar-refractivity contribution in [1.82, 2.24) is 10.6 Å². The second-order valence-corrected chi connectivity index (χ2v) is 9.18. The molecule has 8 heteroatoms. The van der Waals surface area contributed by atoms with Gasteiger partial charge in [-0.05, 0) is 35.1 Å². The molecule has 0 spiro atoms. The highest BCUT2D eigenvalue weighted by molar-refractivity contribution is 5.86. The molecule has 2 aliphatic carbocycles. The molecule has 3 atom stereocenters. The summed E-state index contributed by atoms with van der Waals surface area (Å²) in [5.74, 6) is -2.13. The van der Waals surface area contributed by atoms with E-state index in [2.05, 4.69) is 34.9 Å². The molecule has 8 nitrogen and oxygen atoms in total. The van der Waals surface area contributed by atoms with Gasteiger partial charge < -0.3 is 25.2 Å². The molecule has 0 heterocycles. The van der Waals surface area contributed by atoms with Crippen molar-refractivity contribution < 1.29 is 29.0 Å². The molecule has 2 aliphatic rings. The number of fused-ring (bicyclic) bond motifs is 3. The van der Waals surface area contributed by atoms with E-state index in [-0.39, 0.29) is 25.0 Å². The predicted molar refractivity (Wildman–Crippen MR) is 130 cm³/mol. The van der Waals surface area contributed by atoms with Crippen LogP contribution in [0, 0.1) is 5.92 Å². The zero-order chi connectivity index (χ0) is 24.8. The largest absolute Gasteiger partial charge is 0.480 e. The molecular weight excluding hydrogens is 448 g/mol. The van der Waals surface area contributed by atoms with Crippen LogP contribution >= 0.6 is 0 Å². The van der Waals surface area contributed by atoms with Gasteiger partial charge in [0.15, 0.2) is 6.04 Å². The molecule has 1 fully saturated rings. The van der Waals surface area contributed by atoms with Crippen molar-refractivity contribution in [3.63, 3.8) is 0 Å². The molecule has 0 saturated heterocycles. The van der Waals surface area contributed by atoms with Crippen molar-refractivity contribution in [2.75, 3.05) is 20.3 Å². The number of methoxy groups -OCH3 is 1. The molecule has 0 radical (unpaired) electrons. The molecule has 0 aromatic heterocycles. The lowest BCUT2D eigenvalue weighted by atomic mass is 9.93. The first kappa shape index (κ1) is 24.7. The van der Waals surface area contributed by atoms with Crippen molar-refractivity contribution >= 4 is 18.0 Å². The number of carboxylic acid groups (broad SMARTS) is 1. The normalized spacial score (nSPS) is 20.1. The van der Waals surface area contributed by atoms with Gasteiger partial charge in [-0.3, -0.25) is 4.79 Å². The number of alkyl carbamates (subject to hydrolysis) is 1. The van der Waals surface area contributed by atoms with Gasteiger partial charge in [-0.1, -0.05) is 67.8 Å². The highest BCUT2D eigenvalue weighted by Gasteiger charge is 2.34. The summed E-state index contributed by atoms with van der Waals surface area (Å²) >= 11 is 0. The zero-order valence-corrected chi connectivity index (χ0v) is 19.9. The zero-order valence-electron chi connectivity index (χ0n) is 19.9. The smallest absolute Gasteiger partial charge is 0.407 e. The van der Waals surface area contributed by atoms with Gasteiger partial charge in [-0.15, -0.1) is 0 Å². The van der Waals surface area contributed by atoms with Crippen LogP contribution in [0.5, 0.6) is 0 Å². The fourth-order valence-corrected chi connectivity index (χ4v) is 5.21. The van der Waals surface area contributed by atoms with E-state index < -0.39 is 30.1 Å². The Kier molecular flexibility index (Phi) is 8.02. The lowest BCUT2D eigenvalue weighted by Crippen LogP contribution is -2.51. The average molecular weight is 481 g/mol. The highest BCUT2D eigenvalue weighted by atomic mass is 16.5. The van der Waals surface area contributed by atoms with Crippen LogP contribution in [0.3, 0.4) is 0 Å². The second kappa shape index (κ2) is 11.4. The number of nitrogens with one attached hydrogen (secondary N) is 2. The third-order valence-corrected chi connectivity index (χ3v) is 6.95. The number of carbonyl (C=O) groups is 3. The molecule has 2 amide bonds. The summed E-state index contributed by atoms with van der Waals surface area (Å²) in [6.07, 6.45) is 3.29. The molecule has 4 rings (SSSR count). The Morgan fingerprint density at radius 3 is 2.23 bits per heavy atom. The van der Waals surface area contributed by atoms with Gasteiger partial charge in [0.05, 0.1) is 12.5 Å². The van der Waals surface area contributed by atoms with Crippen LogP contribution in [0.25, 0.3) is 11.1 Å². The van der Waals surface area contributed by atoms with Crippen molar-refractivity contribution in [3.05, 3.63) is 59.7 Å². The van der Waals surface area contributed by atoms with E-state index in [0.29, 0.717) is 12.8 Å². The SMILES string of the molecule is COC[C@H](NC(=O)C1CCCCCC1NC(=O)OCC1c2ccccc2-c2ccccc21)C(=O)O. The van der Waals surface area contributed by atoms with Crippen molar-refractivity contribution in [3.8, 4) is 11.1 Å². The van der Waals surface area contributed by atoms with Gasteiger partial charge in [0.2, 0.25) is 5.91 Å². The number of hydrogen-bond acceptors (Lipinski definition) is 5. The molecule has 2 aromatic carbocycles. The minimum atomic E-state index is -1.16. The van der Waals surface area contributed by atoms with E-state index in [4.69, 9.17) is 9.47 Å². The standard InChI is InChI=1S/C27H32N2O6/c1-34-16-24(26(31)32)28-25(30)21-13-3-2-4-14-23(21)29-27(33)35-15-22-19-11-7-5-9-17(19)18-10-6-8-12-20(18)22/h5-12,21-24H,2-4,13-16H2,1H3,(H,28,30)(H,29,33)(H,31,32)/t21?,23?,24-/m0/s1. The molecule has 1 saturated carbocycles. The summed E-state index contributed by atoms with van der Waals surface area (Å²) < 4.78 is 10.6. The number of hydrogen-bond donors (Lipinski definition) is 3. The lowest BCUT2D eigenvalue weighted by Gasteiger charge is -2.26. The first-order valence-electron chi connectivity index (χ1n) is 12.1. The van der Waals surface area contributed by atoms with Crippen molar-refractivity contribution in [2.24, 2.45) is 5.92 Å². The molecule has 0 bridgehead atoms. The van der Waals surface area contributed by atoms with Crippen LogP contribution in [-0.2, 0) is 19.1 Å². The number of carbonyl (C=O) groups excluding carboxylic acids is 2. The number of amides is 2.